The predicted molar refractivity (Wildman–Crippen MR) is 72.7 cm³/mol. The Morgan fingerprint density at radius 2 is 2.15 bits per heavy atom. The SMILES string of the molecule is CS(=O)(=O)CCn1cc(C=O)c(-c2cccc(F)c2)n1. The molecule has 2 rings (SSSR count). The molecule has 1 aromatic heterocycles. The molecule has 7 heteroatoms. The van der Waals surface area contributed by atoms with E-state index in [1.54, 1.807) is 6.07 Å². The lowest BCUT2D eigenvalue weighted by molar-refractivity contribution is 0.112. The zero-order valence-electron chi connectivity index (χ0n) is 10.8. The first kappa shape index (κ1) is 14.4. The third-order valence-corrected chi connectivity index (χ3v) is 3.63. The van der Waals surface area contributed by atoms with Gasteiger partial charge in [0, 0.05) is 18.0 Å². The molecule has 5 nitrogen and oxygen atoms in total. The van der Waals surface area contributed by atoms with Crippen molar-refractivity contribution in [1.29, 1.82) is 0 Å². The number of halogens is 1. The third kappa shape index (κ3) is 3.51. The highest BCUT2D eigenvalue weighted by Gasteiger charge is 2.12. The van der Waals surface area contributed by atoms with Gasteiger partial charge in [-0.1, -0.05) is 12.1 Å². The fraction of sp³-hybridized carbons (Fsp3) is 0.231. The average Bonchev–Trinajstić information content (AvgIpc) is 2.79. The zero-order valence-corrected chi connectivity index (χ0v) is 11.6. The maximum Gasteiger partial charge on any atom is 0.153 e. The van der Waals surface area contributed by atoms with Gasteiger partial charge in [-0.25, -0.2) is 12.8 Å². The molecule has 0 radical (unpaired) electrons. The third-order valence-electron chi connectivity index (χ3n) is 2.71. The van der Waals surface area contributed by atoms with Gasteiger partial charge < -0.3 is 0 Å². The van der Waals surface area contributed by atoms with Crippen molar-refractivity contribution in [3.8, 4) is 11.3 Å². The lowest BCUT2D eigenvalue weighted by Gasteiger charge is -2.00. The van der Waals surface area contributed by atoms with Gasteiger partial charge >= 0.3 is 0 Å². The second-order valence-corrected chi connectivity index (χ2v) is 6.71. The van der Waals surface area contributed by atoms with Crippen molar-refractivity contribution >= 4 is 16.1 Å². The summed E-state index contributed by atoms with van der Waals surface area (Å²) in [7, 11) is -3.11. The van der Waals surface area contributed by atoms with Crippen molar-refractivity contribution in [2.24, 2.45) is 0 Å². The van der Waals surface area contributed by atoms with Gasteiger partial charge in [0.15, 0.2) is 6.29 Å². The van der Waals surface area contributed by atoms with E-state index in [1.165, 1.54) is 29.1 Å². The van der Waals surface area contributed by atoms with E-state index in [4.69, 9.17) is 0 Å². The second-order valence-electron chi connectivity index (χ2n) is 4.45. The fourth-order valence-electron chi connectivity index (χ4n) is 1.76. The van der Waals surface area contributed by atoms with Gasteiger partial charge in [0.25, 0.3) is 0 Å². The molecule has 20 heavy (non-hydrogen) atoms. The van der Waals surface area contributed by atoms with E-state index in [0.29, 0.717) is 23.1 Å². The normalized spacial score (nSPS) is 11.5. The van der Waals surface area contributed by atoms with Crippen LogP contribution in [0.3, 0.4) is 0 Å². The van der Waals surface area contributed by atoms with Crippen molar-refractivity contribution in [3.63, 3.8) is 0 Å². The number of benzene rings is 1. The number of sulfone groups is 1. The average molecular weight is 296 g/mol. The minimum atomic E-state index is -3.11. The molecule has 1 aromatic carbocycles. The number of aromatic nitrogens is 2. The molecule has 0 saturated carbocycles. The molecule has 0 amide bonds. The quantitative estimate of drug-likeness (QED) is 0.785. The molecule has 0 aliphatic carbocycles. The lowest BCUT2D eigenvalue weighted by atomic mass is 10.1. The first-order valence-electron chi connectivity index (χ1n) is 5.85. The molecule has 0 unspecified atom stereocenters. The summed E-state index contributed by atoms with van der Waals surface area (Å²) in [5, 5.41) is 4.15. The lowest BCUT2D eigenvalue weighted by Crippen LogP contribution is -2.11. The van der Waals surface area contributed by atoms with Crippen LogP contribution in [-0.2, 0) is 16.4 Å². The molecule has 0 fully saturated rings. The van der Waals surface area contributed by atoms with Gasteiger partial charge in [0.2, 0.25) is 0 Å². The minimum Gasteiger partial charge on any atom is -0.298 e. The van der Waals surface area contributed by atoms with Crippen LogP contribution in [-0.4, -0.2) is 36.5 Å². The number of carbonyl (C=O) groups excluding carboxylic acids is 1. The molecule has 1 heterocycles. The van der Waals surface area contributed by atoms with E-state index >= 15 is 0 Å². The van der Waals surface area contributed by atoms with Crippen LogP contribution in [0.2, 0.25) is 0 Å². The Bertz CT molecular complexity index is 738. The van der Waals surface area contributed by atoms with Crippen LogP contribution in [0.25, 0.3) is 11.3 Å². The number of aldehydes is 1. The van der Waals surface area contributed by atoms with Crippen LogP contribution in [0, 0.1) is 5.82 Å². The molecular formula is C13H13FN2O3S. The molecule has 0 N–H and O–H groups in total. The van der Waals surface area contributed by atoms with E-state index in [0.717, 1.165) is 6.26 Å². The van der Waals surface area contributed by atoms with Gasteiger partial charge in [-0.2, -0.15) is 5.10 Å². The Morgan fingerprint density at radius 3 is 2.75 bits per heavy atom. The monoisotopic (exact) mass is 296 g/mol. The largest absolute Gasteiger partial charge is 0.298 e. The molecule has 0 bridgehead atoms. The van der Waals surface area contributed by atoms with Crippen molar-refractivity contribution < 1.29 is 17.6 Å². The van der Waals surface area contributed by atoms with E-state index in [2.05, 4.69) is 5.10 Å². The number of aryl methyl sites for hydroxylation is 1. The van der Waals surface area contributed by atoms with Crippen molar-refractivity contribution in [1.82, 2.24) is 9.78 Å². The summed E-state index contributed by atoms with van der Waals surface area (Å²) < 4.78 is 36.8. The van der Waals surface area contributed by atoms with E-state index in [1.807, 2.05) is 0 Å². The van der Waals surface area contributed by atoms with Crippen molar-refractivity contribution in [2.75, 3.05) is 12.0 Å². The predicted octanol–water partition coefficient (Wildman–Crippen LogP) is 1.55. The van der Waals surface area contributed by atoms with Crippen LogP contribution >= 0.6 is 0 Å². The summed E-state index contributed by atoms with van der Waals surface area (Å²) in [5.41, 5.74) is 1.11. The Kier molecular flexibility index (Phi) is 3.99. The van der Waals surface area contributed by atoms with E-state index < -0.39 is 15.7 Å². The molecule has 2 aromatic rings. The molecule has 0 aliphatic rings. The van der Waals surface area contributed by atoms with Crippen LogP contribution in [0.5, 0.6) is 0 Å². The summed E-state index contributed by atoms with van der Waals surface area (Å²) in [6.07, 6.45) is 3.20. The molecular weight excluding hydrogens is 283 g/mol. The first-order chi connectivity index (χ1) is 9.39. The smallest absolute Gasteiger partial charge is 0.153 e. The first-order valence-corrected chi connectivity index (χ1v) is 7.91. The van der Waals surface area contributed by atoms with E-state index in [9.17, 15) is 17.6 Å². The number of nitrogens with zero attached hydrogens (tertiary/aromatic N) is 2. The Labute approximate surface area is 116 Å². The number of hydrogen-bond acceptors (Lipinski definition) is 4. The van der Waals surface area contributed by atoms with E-state index in [-0.39, 0.29) is 12.3 Å². The molecule has 0 aliphatic heterocycles. The minimum absolute atomic E-state index is 0.0738. The Morgan fingerprint density at radius 1 is 1.40 bits per heavy atom. The summed E-state index contributed by atoms with van der Waals surface area (Å²) in [4.78, 5) is 11.0. The summed E-state index contributed by atoms with van der Waals surface area (Å²) in [5.74, 6) is -0.500. The van der Waals surface area contributed by atoms with Crippen LogP contribution in [0.15, 0.2) is 30.5 Å². The molecule has 0 saturated heterocycles. The molecule has 0 spiro atoms. The van der Waals surface area contributed by atoms with Crippen molar-refractivity contribution in [3.05, 3.63) is 41.8 Å². The van der Waals surface area contributed by atoms with Gasteiger partial charge in [0.1, 0.15) is 21.3 Å². The topological polar surface area (TPSA) is 69.0 Å². The van der Waals surface area contributed by atoms with Crippen LogP contribution in [0.4, 0.5) is 4.39 Å². The van der Waals surface area contributed by atoms with Crippen molar-refractivity contribution in [2.45, 2.75) is 6.54 Å². The fourth-order valence-corrected chi connectivity index (χ4v) is 2.28. The maximum atomic E-state index is 13.2. The molecule has 0 atom stereocenters. The highest BCUT2D eigenvalue weighted by atomic mass is 32.2. The highest BCUT2D eigenvalue weighted by molar-refractivity contribution is 7.90. The Balaban J connectivity index is 2.34. The summed E-state index contributed by atoms with van der Waals surface area (Å²) in [6.45, 7) is 0.148. The highest BCUT2D eigenvalue weighted by Crippen LogP contribution is 2.21. The standard InChI is InChI=1S/C13H13FN2O3S/c1-20(18,19)6-5-16-8-11(9-17)13(15-16)10-3-2-4-12(14)7-10/h2-4,7-9H,5-6H2,1H3. The summed E-state index contributed by atoms with van der Waals surface area (Å²) >= 11 is 0. The number of hydrogen-bond donors (Lipinski definition) is 0. The Hall–Kier alpha value is -2.02. The maximum absolute atomic E-state index is 13.2. The van der Waals surface area contributed by atoms with Crippen LogP contribution < -0.4 is 0 Å². The van der Waals surface area contributed by atoms with Gasteiger partial charge in [-0.15, -0.1) is 0 Å². The number of carbonyl (C=O) groups is 1. The van der Waals surface area contributed by atoms with Gasteiger partial charge in [-0.05, 0) is 12.1 Å². The zero-order chi connectivity index (χ0) is 14.8. The molecule has 106 valence electrons. The summed E-state index contributed by atoms with van der Waals surface area (Å²) in [6, 6.07) is 5.73. The van der Waals surface area contributed by atoms with Gasteiger partial charge in [-0.3, -0.25) is 9.48 Å². The van der Waals surface area contributed by atoms with Crippen LogP contribution in [0.1, 0.15) is 10.4 Å². The number of rotatable bonds is 5. The van der Waals surface area contributed by atoms with Gasteiger partial charge in [0.05, 0.1) is 17.9 Å². The second kappa shape index (κ2) is 5.54.